The lowest BCUT2D eigenvalue weighted by Gasteiger charge is -2.18. The molecule has 2 amide bonds. The molecule has 2 heterocycles. The zero-order valence-electron chi connectivity index (χ0n) is 14.0. The van der Waals surface area contributed by atoms with Gasteiger partial charge in [-0.2, -0.15) is 0 Å². The fourth-order valence-corrected chi connectivity index (χ4v) is 4.41. The van der Waals surface area contributed by atoms with Crippen LogP contribution in [0.3, 0.4) is 0 Å². The summed E-state index contributed by atoms with van der Waals surface area (Å²) in [5, 5.41) is 3.75. The monoisotopic (exact) mass is 346 g/mol. The van der Waals surface area contributed by atoms with Gasteiger partial charge in [0, 0.05) is 38.1 Å². The second-order valence-electron chi connectivity index (χ2n) is 7.06. The average molecular weight is 347 g/mol. The number of hydrogen-bond acceptors (Lipinski definition) is 2. The van der Waals surface area contributed by atoms with E-state index in [1.165, 1.54) is 19.3 Å². The van der Waals surface area contributed by atoms with Crippen LogP contribution in [-0.4, -0.2) is 40.1 Å². The van der Waals surface area contributed by atoms with Crippen LogP contribution >= 0.6 is 11.6 Å². The summed E-state index contributed by atoms with van der Waals surface area (Å²) in [4.78, 5) is 19.0. The summed E-state index contributed by atoms with van der Waals surface area (Å²) in [6.45, 7) is 2.47. The second-order valence-corrected chi connectivity index (χ2v) is 7.49. The summed E-state index contributed by atoms with van der Waals surface area (Å²) >= 11 is 6.03. The fraction of sp³-hybridized carbons (Fsp3) is 0.556. The molecular formula is C18H23ClN4O. The number of aryl methyl sites for hydroxylation is 1. The van der Waals surface area contributed by atoms with E-state index in [1.807, 2.05) is 30.1 Å². The SMILES string of the molecule is Cn1c(CCNC(=O)N2C[C@H]3CCC[C@@H]3C2)nc2cc(Cl)ccc21. The highest BCUT2D eigenvalue weighted by atomic mass is 35.5. The first kappa shape index (κ1) is 15.8. The molecular weight excluding hydrogens is 324 g/mol. The van der Waals surface area contributed by atoms with Crippen LogP contribution in [-0.2, 0) is 13.5 Å². The Morgan fingerprint density at radius 3 is 2.83 bits per heavy atom. The van der Waals surface area contributed by atoms with Gasteiger partial charge >= 0.3 is 6.03 Å². The molecule has 24 heavy (non-hydrogen) atoms. The Labute approximate surface area is 147 Å². The molecule has 5 nitrogen and oxygen atoms in total. The Morgan fingerprint density at radius 2 is 2.08 bits per heavy atom. The molecule has 1 N–H and O–H groups in total. The third-order valence-electron chi connectivity index (χ3n) is 5.57. The minimum Gasteiger partial charge on any atom is -0.338 e. The number of urea groups is 1. The number of benzene rings is 1. The van der Waals surface area contributed by atoms with Crippen molar-refractivity contribution in [3.8, 4) is 0 Å². The quantitative estimate of drug-likeness (QED) is 0.927. The highest BCUT2D eigenvalue weighted by Crippen LogP contribution is 2.37. The molecule has 128 valence electrons. The molecule has 1 aromatic carbocycles. The van der Waals surface area contributed by atoms with Crippen molar-refractivity contribution in [1.29, 1.82) is 0 Å². The van der Waals surface area contributed by atoms with Gasteiger partial charge in [0.2, 0.25) is 0 Å². The van der Waals surface area contributed by atoms with E-state index in [2.05, 4.69) is 14.9 Å². The van der Waals surface area contributed by atoms with E-state index >= 15 is 0 Å². The van der Waals surface area contributed by atoms with E-state index in [0.717, 1.165) is 48.2 Å². The number of rotatable bonds is 3. The summed E-state index contributed by atoms with van der Waals surface area (Å²) in [5.41, 5.74) is 1.96. The summed E-state index contributed by atoms with van der Waals surface area (Å²) in [6, 6.07) is 5.81. The van der Waals surface area contributed by atoms with Gasteiger partial charge in [-0.25, -0.2) is 9.78 Å². The van der Waals surface area contributed by atoms with Gasteiger partial charge < -0.3 is 14.8 Å². The fourth-order valence-electron chi connectivity index (χ4n) is 4.24. The Morgan fingerprint density at radius 1 is 1.33 bits per heavy atom. The number of aromatic nitrogens is 2. The number of amides is 2. The topological polar surface area (TPSA) is 50.2 Å². The van der Waals surface area contributed by atoms with Crippen LogP contribution in [0, 0.1) is 11.8 Å². The maximum absolute atomic E-state index is 12.3. The van der Waals surface area contributed by atoms with Gasteiger partial charge in [0.1, 0.15) is 5.82 Å². The molecule has 2 aliphatic rings. The minimum absolute atomic E-state index is 0.0752. The number of imidazole rings is 1. The van der Waals surface area contributed by atoms with Crippen LogP contribution in [0.4, 0.5) is 4.79 Å². The Hall–Kier alpha value is -1.75. The molecule has 2 atom stereocenters. The van der Waals surface area contributed by atoms with Gasteiger partial charge in [-0.1, -0.05) is 18.0 Å². The Kier molecular flexibility index (Phi) is 4.12. The molecule has 4 rings (SSSR count). The number of carbonyl (C=O) groups excluding carboxylic acids is 1. The summed E-state index contributed by atoms with van der Waals surface area (Å²) < 4.78 is 2.07. The predicted octanol–water partition coefficient (Wildman–Crippen LogP) is 3.21. The van der Waals surface area contributed by atoms with Crippen LogP contribution in [0.25, 0.3) is 11.0 Å². The number of halogens is 1. The van der Waals surface area contributed by atoms with E-state index in [4.69, 9.17) is 11.6 Å². The maximum atomic E-state index is 12.3. The van der Waals surface area contributed by atoms with Gasteiger partial charge in [-0.3, -0.25) is 0 Å². The van der Waals surface area contributed by atoms with Crippen molar-refractivity contribution in [2.45, 2.75) is 25.7 Å². The summed E-state index contributed by atoms with van der Waals surface area (Å²) in [6.07, 6.45) is 4.63. The summed E-state index contributed by atoms with van der Waals surface area (Å²) in [7, 11) is 2.00. The smallest absolute Gasteiger partial charge is 0.317 e. The number of hydrogen-bond donors (Lipinski definition) is 1. The van der Waals surface area contributed by atoms with Gasteiger partial charge in [0.05, 0.1) is 11.0 Å². The van der Waals surface area contributed by atoms with E-state index in [0.29, 0.717) is 11.6 Å². The van der Waals surface area contributed by atoms with Crippen molar-refractivity contribution in [3.63, 3.8) is 0 Å². The molecule has 2 aromatic rings. The van der Waals surface area contributed by atoms with Gasteiger partial charge in [-0.15, -0.1) is 0 Å². The van der Waals surface area contributed by atoms with E-state index in [1.54, 1.807) is 0 Å². The zero-order valence-corrected chi connectivity index (χ0v) is 14.7. The predicted molar refractivity (Wildman–Crippen MR) is 95.2 cm³/mol. The molecule has 1 aliphatic carbocycles. The number of fused-ring (bicyclic) bond motifs is 2. The Balaban J connectivity index is 1.34. The van der Waals surface area contributed by atoms with Gasteiger partial charge in [0.25, 0.3) is 0 Å². The van der Waals surface area contributed by atoms with Crippen LogP contribution in [0.5, 0.6) is 0 Å². The Bertz CT molecular complexity index is 760. The molecule has 2 fully saturated rings. The highest BCUT2D eigenvalue weighted by molar-refractivity contribution is 6.31. The lowest BCUT2D eigenvalue weighted by molar-refractivity contribution is 0.205. The average Bonchev–Trinajstić information content (AvgIpc) is 3.21. The van der Waals surface area contributed by atoms with Crippen molar-refractivity contribution < 1.29 is 4.79 Å². The molecule has 0 radical (unpaired) electrons. The van der Waals surface area contributed by atoms with Crippen molar-refractivity contribution in [2.24, 2.45) is 18.9 Å². The number of nitrogens with one attached hydrogen (secondary N) is 1. The lowest BCUT2D eigenvalue weighted by Crippen LogP contribution is -2.40. The van der Waals surface area contributed by atoms with Crippen LogP contribution < -0.4 is 5.32 Å². The van der Waals surface area contributed by atoms with E-state index < -0.39 is 0 Å². The number of nitrogens with zero attached hydrogens (tertiary/aromatic N) is 3. The van der Waals surface area contributed by atoms with Crippen molar-refractivity contribution in [3.05, 3.63) is 29.0 Å². The molecule has 0 bridgehead atoms. The van der Waals surface area contributed by atoms with E-state index in [9.17, 15) is 4.79 Å². The standard InChI is InChI=1S/C18H23ClN4O/c1-22-16-6-5-14(19)9-15(16)21-17(22)7-8-20-18(24)23-10-12-3-2-4-13(12)11-23/h5-6,9,12-13H,2-4,7-8,10-11H2,1H3,(H,20,24)/t12-,13-/m1/s1. The van der Waals surface area contributed by atoms with E-state index in [-0.39, 0.29) is 6.03 Å². The molecule has 0 spiro atoms. The van der Waals surface area contributed by atoms with Crippen LogP contribution in [0.15, 0.2) is 18.2 Å². The first-order valence-corrected chi connectivity index (χ1v) is 9.13. The van der Waals surface area contributed by atoms with Crippen molar-refractivity contribution >= 4 is 28.7 Å². The molecule has 1 aromatic heterocycles. The molecule has 1 aliphatic heterocycles. The highest BCUT2D eigenvalue weighted by Gasteiger charge is 2.37. The van der Waals surface area contributed by atoms with Crippen LogP contribution in [0.2, 0.25) is 5.02 Å². The maximum Gasteiger partial charge on any atom is 0.317 e. The number of carbonyl (C=O) groups is 1. The molecule has 1 saturated carbocycles. The van der Waals surface area contributed by atoms with Crippen LogP contribution in [0.1, 0.15) is 25.1 Å². The van der Waals surface area contributed by atoms with Gasteiger partial charge in [0.15, 0.2) is 0 Å². The number of likely N-dealkylation sites (tertiary alicyclic amines) is 1. The third kappa shape index (κ3) is 2.86. The van der Waals surface area contributed by atoms with Crippen molar-refractivity contribution in [1.82, 2.24) is 19.8 Å². The summed E-state index contributed by atoms with van der Waals surface area (Å²) in [5.74, 6) is 2.44. The van der Waals surface area contributed by atoms with Gasteiger partial charge in [-0.05, 0) is 42.9 Å². The first-order chi connectivity index (χ1) is 11.6. The first-order valence-electron chi connectivity index (χ1n) is 8.75. The van der Waals surface area contributed by atoms with Crippen molar-refractivity contribution in [2.75, 3.05) is 19.6 Å². The molecule has 6 heteroatoms. The minimum atomic E-state index is 0.0752. The zero-order chi connectivity index (χ0) is 16.7. The lowest BCUT2D eigenvalue weighted by atomic mass is 10.0. The molecule has 0 unspecified atom stereocenters. The normalized spacial score (nSPS) is 23.0. The molecule has 1 saturated heterocycles. The third-order valence-corrected chi connectivity index (χ3v) is 5.81. The second kappa shape index (κ2) is 6.28. The largest absolute Gasteiger partial charge is 0.338 e.